The Labute approximate surface area is 162 Å². The Kier molecular flexibility index (Phi) is 6.76. The smallest absolute Gasteiger partial charge is 0.258 e. The standard InChI is InChI=1S/C20H30N2O4S/c1-15-13-18(27(24,25)22-17-9-10-17)11-12-19(15)26-14-20(23)21-16-7-5-3-2-4-6-8-16/h11-13,16-17,22H,2-10,14H2,1H3,(H,21,23). The van der Waals surface area contributed by atoms with Crippen LogP contribution in [0.3, 0.4) is 0 Å². The third-order valence-corrected chi connectivity index (χ3v) is 6.70. The van der Waals surface area contributed by atoms with E-state index >= 15 is 0 Å². The number of amides is 1. The quantitative estimate of drug-likeness (QED) is 0.744. The third kappa shape index (κ3) is 6.21. The Hall–Kier alpha value is -1.60. The number of carbonyl (C=O) groups is 1. The molecule has 0 unspecified atom stereocenters. The Morgan fingerprint density at radius 1 is 1.04 bits per heavy atom. The first kappa shape index (κ1) is 20.1. The van der Waals surface area contributed by atoms with Crippen LogP contribution < -0.4 is 14.8 Å². The molecule has 0 spiro atoms. The monoisotopic (exact) mass is 394 g/mol. The predicted octanol–water partition coefficient (Wildman–Crippen LogP) is 3.04. The summed E-state index contributed by atoms with van der Waals surface area (Å²) in [6.45, 7) is 1.74. The van der Waals surface area contributed by atoms with Gasteiger partial charge in [0.2, 0.25) is 10.0 Å². The summed E-state index contributed by atoms with van der Waals surface area (Å²) in [5, 5.41) is 3.07. The van der Waals surface area contributed by atoms with Gasteiger partial charge in [-0.1, -0.05) is 32.1 Å². The first-order chi connectivity index (χ1) is 12.9. The number of nitrogens with one attached hydrogen (secondary N) is 2. The molecule has 2 saturated carbocycles. The van der Waals surface area contributed by atoms with Crippen molar-refractivity contribution in [3.8, 4) is 5.75 Å². The molecule has 0 radical (unpaired) electrons. The van der Waals surface area contributed by atoms with Crippen molar-refractivity contribution in [2.24, 2.45) is 0 Å². The van der Waals surface area contributed by atoms with Gasteiger partial charge in [-0.15, -0.1) is 0 Å². The molecule has 2 aliphatic carbocycles. The van der Waals surface area contributed by atoms with Crippen LogP contribution in [0.15, 0.2) is 23.1 Å². The molecule has 1 amide bonds. The van der Waals surface area contributed by atoms with Crippen LogP contribution in [0.5, 0.6) is 5.75 Å². The number of rotatable bonds is 7. The van der Waals surface area contributed by atoms with E-state index in [1.807, 2.05) is 0 Å². The summed E-state index contributed by atoms with van der Waals surface area (Å²) in [7, 11) is -3.48. The number of benzene rings is 1. The van der Waals surface area contributed by atoms with Gasteiger partial charge in [0, 0.05) is 12.1 Å². The molecule has 2 aliphatic rings. The highest BCUT2D eigenvalue weighted by Crippen LogP contribution is 2.25. The molecule has 150 valence electrons. The summed E-state index contributed by atoms with van der Waals surface area (Å²) < 4.78 is 32.8. The van der Waals surface area contributed by atoms with Crippen molar-refractivity contribution in [3.63, 3.8) is 0 Å². The molecular weight excluding hydrogens is 364 g/mol. The Morgan fingerprint density at radius 3 is 2.33 bits per heavy atom. The molecule has 0 heterocycles. The van der Waals surface area contributed by atoms with E-state index in [-0.39, 0.29) is 29.5 Å². The van der Waals surface area contributed by atoms with E-state index < -0.39 is 10.0 Å². The van der Waals surface area contributed by atoms with Crippen LogP contribution in [0.1, 0.15) is 63.4 Å². The van der Waals surface area contributed by atoms with E-state index in [9.17, 15) is 13.2 Å². The molecule has 1 aromatic carbocycles. The lowest BCUT2D eigenvalue weighted by atomic mass is 9.97. The van der Waals surface area contributed by atoms with Gasteiger partial charge in [-0.05, 0) is 56.4 Å². The van der Waals surface area contributed by atoms with Gasteiger partial charge in [-0.25, -0.2) is 13.1 Å². The lowest BCUT2D eigenvalue weighted by Gasteiger charge is -2.21. The summed E-state index contributed by atoms with van der Waals surface area (Å²) in [6.07, 6.45) is 9.97. The van der Waals surface area contributed by atoms with Gasteiger partial charge < -0.3 is 10.1 Å². The van der Waals surface area contributed by atoms with E-state index in [0.717, 1.165) is 38.5 Å². The zero-order chi connectivity index (χ0) is 19.3. The zero-order valence-electron chi connectivity index (χ0n) is 16.0. The van der Waals surface area contributed by atoms with Gasteiger partial charge in [0.1, 0.15) is 5.75 Å². The van der Waals surface area contributed by atoms with E-state index in [0.29, 0.717) is 11.3 Å². The van der Waals surface area contributed by atoms with Crippen molar-refractivity contribution in [3.05, 3.63) is 23.8 Å². The molecule has 0 bridgehead atoms. The van der Waals surface area contributed by atoms with Gasteiger partial charge in [0.05, 0.1) is 4.90 Å². The molecule has 1 aromatic rings. The summed E-state index contributed by atoms with van der Waals surface area (Å²) in [4.78, 5) is 12.4. The highest BCUT2D eigenvalue weighted by atomic mass is 32.2. The summed E-state index contributed by atoms with van der Waals surface area (Å²) in [5.74, 6) is 0.417. The van der Waals surface area contributed by atoms with Crippen molar-refractivity contribution in [2.75, 3.05) is 6.61 Å². The van der Waals surface area contributed by atoms with Crippen LogP contribution >= 0.6 is 0 Å². The molecule has 2 N–H and O–H groups in total. The largest absolute Gasteiger partial charge is 0.484 e. The fraction of sp³-hybridized carbons (Fsp3) is 0.650. The fourth-order valence-electron chi connectivity index (χ4n) is 3.45. The number of ether oxygens (including phenoxy) is 1. The summed E-state index contributed by atoms with van der Waals surface area (Å²) >= 11 is 0. The minimum absolute atomic E-state index is 0.0518. The second-order valence-electron chi connectivity index (χ2n) is 7.72. The highest BCUT2D eigenvalue weighted by Gasteiger charge is 2.28. The molecule has 6 nitrogen and oxygen atoms in total. The maximum Gasteiger partial charge on any atom is 0.258 e. The van der Waals surface area contributed by atoms with Crippen molar-refractivity contribution >= 4 is 15.9 Å². The summed E-state index contributed by atoms with van der Waals surface area (Å²) in [5.41, 5.74) is 0.701. The Bertz CT molecular complexity index is 751. The molecule has 0 aliphatic heterocycles. The topological polar surface area (TPSA) is 84.5 Å². The maximum atomic E-state index is 12.3. The van der Waals surface area contributed by atoms with Crippen LogP contribution in [0, 0.1) is 6.92 Å². The second-order valence-corrected chi connectivity index (χ2v) is 9.44. The van der Waals surface area contributed by atoms with E-state index in [1.54, 1.807) is 19.1 Å². The van der Waals surface area contributed by atoms with Gasteiger partial charge in [0.15, 0.2) is 6.61 Å². The third-order valence-electron chi connectivity index (χ3n) is 5.18. The van der Waals surface area contributed by atoms with Crippen LogP contribution in [-0.4, -0.2) is 33.0 Å². The maximum absolute atomic E-state index is 12.3. The van der Waals surface area contributed by atoms with E-state index in [1.165, 1.54) is 25.3 Å². The van der Waals surface area contributed by atoms with Crippen molar-refractivity contribution in [1.82, 2.24) is 10.0 Å². The minimum atomic E-state index is -3.48. The molecule has 0 atom stereocenters. The average Bonchev–Trinajstić information content (AvgIpc) is 3.39. The molecule has 27 heavy (non-hydrogen) atoms. The zero-order valence-corrected chi connectivity index (χ0v) is 16.8. The molecule has 0 saturated heterocycles. The van der Waals surface area contributed by atoms with E-state index in [2.05, 4.69) is 10.0 Å². The summed E-state index contributed by atoms with van der Waals surface area (Å²) in [6, 6.07) is 5.05. The minimum Gasteiger partial charge on any atom is -0.484 e. The first-order valence-electron chi connectivity index (χ1n) is 9.99. The van der Waals surface area contributed by atoms with Gasteiger partial charge in [-0.2, -0.15) is 0 Å². The first-order valence-corrected chi connectivity index (χ1v) is 11.5. The Balaban J connectivity index is 1.52. The molecule has 7 heteroatoms. The van der Waals surface area contributed by atoms with Crippen LogP contribution in [-0.2, 0) is 14.8 Å². The number of aryl methyl sites for hydroxylation is 1. The van der Waals surface area contributed by atoms with Gasteiger partial charge in [0.25, 0.3) is 5.91 Å². The molecular formula is C20H30N2O4S. The van der Waals surface area contributed by atoms with Crippen LogP contribution in [0.2, 0.25) is 0 Å². The fourth-order valence-corrected chi connectivity index (χ4v) is 4.84. The van der Waals surface area contributed by atoms with Crippen LogP contribution in [0.25, 0.3) is 0 Å². The van der Waals surface area contributed by atoms with E-state index in [4.69, 9.17) is 4.74 Å². The molecule has 0 aromatic heterocycles. The molecule has 3 rings (SSSR count). The number of hydrogen-bond acceptors (Lipinski definition) is 4. The lowest BCUT2D eigenvalue weighted by Crippen LogP contribution is -2.38. The average molecular weight is 395 g/mol. The van der Waals surface area contributed by atoms with Gasteiger partial charge >= 0.3 is 0 Å². The second kappa shape index (κ2) is 9.06. The van der Waals surface area contributed by atoms with Crippen LogP contribution in [0.4, 0.5) is 0 Å². The van der Waals surface area contributed by atoms with Crippen molar-refractivity contribution in [2.45, 2.75) is 81.7 Å². The lowest BCUT2D eigenvalue weighted by molar-refractivity contribution is -0.123. The predicted molar refractivity (Wildman–Crippen MR) is 104 cm³/mol. The SMILES string of the molecule is Cc1cc(S(=O)(=O)NC2CC2)ccc1OCC(=O)NC1CCCCCCC1. The van der Waals surface area contributed by atoms with Crippen molar-refractivity contribution < 1.29 is 17.9 Å². The highest BCUT2D eigenvalue weighted by molar-refractivity contribution is 7.89. The normalized spacial score (nSPS) is 19.1. The Morgan fingerprint density at radius 2 is 1.70 bits per heavy atom. The number of sulfonamides is 1. The van der Waals surface area contributed by atoms with Crippen molar-refractivity contribution in [1.29, 1.82) is 0 Å². The number of hydrogen-bond donors (Lipinski definition) is 2. The van der Waals surface area contributed by atoms with Gasteiger partial charge in [-0.3, -0.25) is 4.79 Å². The molecule has 2 fully saturated rings. The number of carbonyl (C=O) groups excluding carboxylic acids is 1.